The van der Waals surface area contributed by atoms with Gasteiger partial charge in [0.2, 0.25) is 0 Å². The van der Waals surface area contributed by atoms with Crippen molar-refractivity contribution in [3.8, 4) is 5.75 Å². The number of carbonyl (C=O) groups is 1. The summed E-state index contributed by atoms with van der Waals surface area (Å²) in [6.45, 7) is 5.31. The van der Waals surface area contributed by atoms with Gasteiger partial charge in [0, 0.05) is 19.1 Å². The number of para-hydroxylation sites is 1. The third-order valence-electron chi connectivity index (χ3n) is 3.86. The Bertz CT molecular complexity index is 468. The van der Waals surface area contributed by atoms with Gasteiger partial charge in [0.15, 0.2) is 5.75 Å². The van der Waals surface area contributed by atoms with E-state index in [0.29, 0.717) is 17.0 Å². The number of ether oxygens (including phenoxy) is 1. The zero-order valence-corrected chi connectivity index (χ0v) is 12.2. The quantitative estimate of drug-likeness (QED) is 0.818. The molecule has 1 aliphatic rings. The molecule has 5 heteroatoms. The summed E-state index contributed by atoms with van der Waals surface area (Å²) in [4.78, 5) is 14.7. The van der Waals surface area contributed by atoms with Crippen molar-refractivity contribution in [3.05, 3.63) is 23.8 Å². The number of carbonyl (C=O) groups excluding carboxylic acids is 1. The standard InChI is InChI=1S/C15H23N3O2/c1-3-18-9-7-11(8-10-18)17-15(19)12-5-4-6-13(16)14(12)20-2/h4-6,11H,3,7-10,16H2,1-2H3,(H,17,19). The molecule has 20 heavy (non-hydrogen) atoms. The van der Waals surface area contributed by atoms with Crippen LogP contribution in [0.5, 0.6) is 5.75 Å². The van der Waals surface area contributed by atoms with Crippen LogP contribution in [0.1, 0.15) is 30.1 Å². The smallest absolute Gasteiger partial charge is 0.255 e. The largest absolute Gasteiger partial charge is 0.494 e. The maximum absolute atomic E-state index is 12.3. The van der Waals surface area contributed by atoms with Gasteiger partial charge < -0.3 is 20.7 Å². The highest BCUT2D eigenvalue weighted by atomic mass is 16.5. The van der Waals surface area contributed by atoms with Crippen LogP contribution in [0, 0.1) is 0 Å². The summed E-state index contributed by atoms with van der Waals surface area (Å²) in [5, 5.41) is 3.08. The van der Waals surface area contributed by atoms with E-state index in [0.717, 1.165) is 32.5 Å². The van der Waals surface area contributed by atoms with Gasteiger partial charge in [0.05, 0.1) is 18.4 Å². The molecule has 0 saturated carbocycles. The second-order valence-electron chi connectivity index (χ2n) is 5.11. The summed E-state index contributed by atoms with van der Waals surface area (Å²) in [6.07, 6.45) is 1.98. The molecule has 110 valence electrons. The average molecular weight is 277 g/mol. The maximum Gasteiger partial charge on any atom is 0.255 e. The Morgan fingerprint density at radius 2 is 2.15 bits per heavy atom. The monoisotopic (exact) mass is 277 g/mol. The number of nitrogens with two attached hydrogens (primary N) is 1. The first-order valence-electron chi connectivity index (χ1n) is 7.11. The highest BCUT2D eigenvalue weighted by Gasteiger charge is 2.22. The van der Waals surface area contributed by atoms with E-state index in [1.165, 1.54) is 7.11 Å². The molecule has 1 saturated heterocycles. The van der Waals surface area contributed by atoms with Crippen LogP contribution in [0.2, 0.25) is 0 Å². The minimum atomic E-state index is -0.107. The van der Waals surface area contributed by atoms with Crippen molar-refractivity contribution < 1.29 is 9.53 Å². The summed E-state index contributed by atoms with van der Waals surface area (Å²) < 4.78 is 5.23. The minimum absolute atomic E-state index is 0.107. The van der Waals surface area contributed by atoms with E-state index in [1.807, 2.05) is 0 Å². The Hall–Kier alpha value is -1.75. The zero-order valence-electron chi connectivity index (χ0n) is 12.2. The molecule has 1 amide bonds. The van der Waals surface area contributed by atoms with Crippen LogP contribution in [0.25, 0.3) is 0 Å². The van der Waals surface area contributed by atoms with Gasteiger partial charge in [-0.2, -0.15) is 0 Å². The Balaban J connectivity index is 2.01. The maximum atomic E-state index is 12.3. The van der Waals surface area contributed by atoms with Crippen LogP contribution >= 0.6 is 0 Å². The number of rotatable bonds is 4. The van der Waals surface area contributed by atoms with Crippen LogP contribution in [-0.4, -0.2) is 43.6 Å². The van der Waals surface area contributed by atoms with Crippen LogP contribution in [0.3, 0.4) is 0 Å². The van der Waals surface area contributed by atoms with Gasteiger partial charge in [0.1, 0.15) is 0 Å². The van der Waals surface area contributed by atoms with Crippen molar-refractivity contribution in [2.75, 3.05) is 32.5 Å². The molecule has 1 aromatic rings. The zero-order chi connectivity index (χ0) is 14.5. The molecule has 1 fully saturated rings. The molecule has 5 nitrogen and oxygen atoms in total. The summed E-state index contributed by atoms with van der Waals surface area (Å²) in [7, 11) is 1.53. The van der Waals surface area contributed by atoms with Gasteiger partial charge in [-0.05, 0) is 31.5 Å². The van der Waals surface area contributed by atoms with Crippen molar-refractivity contribution in [3.63, 3.8) is 0 Å². The first-order valence-corrected chi connectivity index (χ1v) is 7.11. The molecule has 1 heterocycles. The molecule has 0 aliphatic carbocycles. The minimum Gasteiger partial charge on any atom is -0.494 e. The summed E-state index contributed by atoms with van der Waals surface area (Å²) in [5.74, 6) is 0.347. The summed E-state index contributed by atoms with van der Waals surface area (Å²) >= 11 is 0. The Labute approximate surface area is 120 Å². The van der Waals surface area contributed by atoms with E-state index < -0.39 is 0 Å². The predicted molar refractivity (Wildman–Crippen MR) is 80.0 cm³/mol. The SMILES string of the molecule is CCN1CCC(NC(=O)c2cccc(N)c2OC)CC1. The number of nitrogens with one attached hydrogen (secondary N) is 1. The Morgan fingerprint density at radius 1 is 1.45 bits per heavy atom. The van der Waals surface area contributed by atoms with Crippen molar-refractivity contribution in [2.24, 2.45) is 0 Å². The molecule has 3 N–H and O–H groups in total. The lowest BCUT2D eigenvalue weighted by Gasteiger charge is -2.31. The van der Waals surface area contributed by atoms with Crippen LogP contribution < -0.4 is 15.8 Å². The average Bonchev–Trinajstić information content (AvgIpc) is 2.47. The van der Waals surface area contributed by atoms with E-state index in [4.69, 9.17) is 10.5 Å². The lowest BCUT2D eigenvalue weighted by atomic mass is 10.0. The molecule has 1 aliphatic heterocycles. The number of hydrogen-bond acceptors (Lipinski definition) is 4. The second-order valence-corrected chi connectivity index (χ2v) is 5.11. The Morgan fingerprint density at radius 3 is 2.75 bits per heavy atom. The number of methoxy groups -OCH3 is 1. The van der Waals surface area contributed by atoms with Gasteiger partial charge in [-0.15, -0.1) is 0 Å². The third-order valence-corrected chi connectivity index (χ3v) is 3.86. The fraction of sp³-hybridized carbons (Fsp3) is 0.533. The second kappa shape index (κ2) is 6.61. The highest BCUT2D eigenvalue weighted by molar-refractivity contribution is 5.98. The van der Waals surface area contributed by atoms with Crippen LogP contribution in [0.15, 0.2) is 18.2 Å². The van der Waals surface area contributed by atoms with E-state index in [2.05, 4.69) is 17.1 Å². The number of nitrogens with zero attached hydrogens (tertiary/aromatic N) is 1. The fourth-order valence-electron chi connectivity index (χ4n) is 2.62. The van der Waals surface area contributed by atoms with Gasteiger partial charge in [-0.3, -0.25) is 4.79 Å². The van der Waals surface area contributed by atoms with Crippen LogP contribution in [0.4, 0.5) is 5.69 Å². The molecule has 0 spiro atoms. The number of anilines is 1. The van der Waals surface area contributed by atoms with Crippen LogP contribution in [-0.2, 0) is 0 Å². The first kappa shape index (κ1) is 14.7. The number of nitrogen functional groups attached to an aromatic ring is 1. The molecule has 0 atom stereocenters. The van der Waals surface area contributed by atoms with Crippen molar-refractivity contribution in [1.82, 2.24) is 10.2 Å². The molecular weight excluding hydrogens is 254 g/mol. The van der Waals surface area contributed by atoms with E-state index in [9.17, 15) is 4.79 Å². The first-order chi connectivity index (χ1) is 9.65. The summed E-state index contributed by atoms with van der Waals surface area (Å²) in [5.41, 5.74) is 6.82. The molecule has 1 aromatic carbocycles. The van der Waals surface area contributed by atoms with Crippen molar-refractivity contribution in [2.45, 2.75) is 25.8 Å². The highest BCUT2D eigenvalue weighted by Crippen LogP contribution is 2.26. The molecule has 0 bridgehead atoms. The van der Waals surface area contributed by atoms with Gasteiger partial charge >= 0.3 is 0 Å². The number of amides is 1. The molecule has 0 unspecified atom stereocenters. The number of likely N-dealkylation sites (tertiary alicyclic amines) is 1. The fourth-order valence-corrected chi connectivity index (χ4v) is 2.62. The molecular formula is C15H23N3O2. The number of piperidine rings is 1. The van der Waals surface area contributed by atoms with E-state index in [1.54, 1.807) is 18.2 Å². The van der Waals surface area contributed by atoms with Gasteiger partial charge in [0.25, 0.3) is 5.91 Å². The molecule has 0 radical (unpaired) electrons. The number of hydrogen-bond donors (Lipinski definition) is 2. The Kier molecular flexibility index (Phi) is 4.84. The summed E-state index contributed by atoms with van der Waals surface area (Å²) in [6, 6.07) is 5.48. The normalized spacial score (nSPS) is 16.9. The van der Waals surface area contributed by atoms with Crippen molar-refractivity contribution >= 4 is 11.6 Å². The topological polar surface area (TPSA) is 67.6 Å². The van der Waals surface area contributed by atoms with Gasteiger partial charge in [-0.1, -0.05) is 13.0 Å². The lowest BCUT2D eigenvalue weighted by Crippen LogP contribution is -2.44. The van der Waals surface area contributed by atoms with E-state index >= 15 is 0 Å². The predicted octanol–water partition coefficient (Wildman–Crippen LogP) is 1.49. The lowest BCUT2D eigenvalue weighted by molar-refractivity contribution is 0.0910. The third kappa shape index (κ3) is 3.22. The molecule has 2 rings (SSSR count). The van der Waals surface area contributed by atoms with Crippen molar-refractivity contribution in [1.29, 1.82) is 0 Å². The van der Waals surface area contributed by atoms with Gasteiger partial charge in [-0.25, -0.2) is 0 Å². The number of benzene rings is 1. The molecule has 0 aromatic heterocycles. The van der Waals surface area contributed by atoms with E-state index in [-0.39, 0.29) is 11.9 Å².